The van der Waals surface area contributed by atoms with E-state index in [1.807, 2.05) is 18.2 Å². The Balaban J connectivity index is 1.55. The molecule has 0 aromatic carbocycles. The van der Waals surface area contributed by atoms with Crippen molar-refractivity contribution >= 4 is 5.91 Å². The van der Waals surface area contributed by atoms with Crippen LogP contribution in [0.4, 0.5) is 0 Å². The lowest BCUT2D eigenvalue weighted by Gasteiger charge is -2.32. The van der Waals surface area contributed by atoms with E-state index in [4.69, 9.17) is 13.9 Å². The summed E-state index contributed by atoms with van der Waals surface area (Å²) in [6.45, 7) is 2.13. The van der Waals surface area contributed by atoms with Gasteiger partial charge in [0.25, 0.3) is 5.91 Å². The molecular weight excluding hydrogens is 308 g/mol. The maximum atomic E-state index is 12.6. The van der Waals surface area contributed by atoms with Crippen molar-refractivity contribution in [1.29, 1.82) is 0 Å². The zero-order valence-electron chi connectivity index (χ0n) is 13.8. The number of likely N-dealkylation sites (tertiary alicyclic amines) is 1. The van der Waals surface area contributed by atoms with Gasteiger partial charge in [0, 0.05) is 26.4 Å². The lowest BCUT2D eigenvalue weighted by atomic mass is 10.1. The molecule has 0 aliphatic carbocycles. The first-order valence-corrected chi connectivity index (χ1v) is 8.14. The predicted octanol–water partition coefficient (Wildman–Crippen LogP) is 2.64. The van der Waals surface area contributed by atoms with E-state index in [2.05, 4.69) is 4.98 Å². The molecule has 3 heterocycles. The number of aromatic nitrogens is 1. The molecule has 2 aromatic rings. The first kappa shape index (κ1) is 16.7. The number of amides is 1. The predicted molar refractivity (Wildman–Crippen MR) is 87.4 cm³/mol. The van der Waals surface area contributed by atoms with E-state index in [0.29, 0.717) is 31.3 Å². The second-order valence-electron chi connectivity index (χ2n) is 5.85. The summed E-state index contributed by atoms with van der Waals surface area (Å²) in [4.78, 5) is 18.6. The largest absolute Gasteiger partial charge is 0.453 e. The van der Waals surface area contributed by atoms with Gasteiger partial charge in [0.1, 0.15) is 12.4 Å². The molecule has 0 N–H and O–H groups in total. The number of nitrogens with zero attached hydrogens (tertiary/aromatic N) is 2. The van der Waals surface area contributed by atoms with E-state index in [-0.39, 0.29) is 12.0 Å². The lowest BCUT2D eigenvalue weighted by molar-refractivity contribution is -0.00873. The van der Waals surface area contributed by atoms with Crippen molar-refractivity contribution in [3.63, 3.8) is 0 Å². The summed E-state index contributed by atoms with van der Waals surface area (Å²) in [6.07, 6.45) is 3.65. The molecule has 1 saturated heterocycles. The number of furan rings is 1. The van der Waals surface area contributed by atoms with E-state index in [1.54, 1.807) is 30.3 Å². The van der Waals surface area contributed by atoms with Gasteiger partial charge >= 0.3 is 0 Å². The van der Waals surface area contributed by atoms with E-state index in [9.17, 15) is 4.79 Å². The quantitative estimate of drug-likeness (QED) is 0.815. The highest BCUT2D eigenvalue weighted by Crippen LogP contribution is 2.18. The highest BCUT2D eigenvalue weighted by Gasteiger charge is 2.26. The van der Waals surface area contributed by atoms with Crippen LogP contribution >= 0.6 is 0 Å². The van der Waals surface area contributed by atoms with E-state index in [1.165, 1.54) is 0 Å². The van der Waals surface area contributed by atoms with Crippen molar-refractivity contribution in [2.45, 2.75) is 32.2 Å². The van der Waals surface area contributed by atoms with E-state index in [0.717, 1.165) is 25.1 Å². The minimum atomic E-state index is -0.0940. The summed E-state index contributed by atoms with van der Waals surface area (Å²) in [6, 6.07) is 9.24. The lowest BCUT2D eigenvalue weighted by Crippen LogP contribution is -2.43. The minimum absolute atomic E-state index is 0.0260. The second-order valence-corrected chi connectivity index (χ2v) is 5.85. The summed E-state index contributed by atoms with van der Waals surface area (Å²) in [5.74, 6) is 0.914. The summed E-state index contributed by atoms with van der Waals surface area (Å²) in [7, 11) is 1.60. The van der Waals surface area contributed by atoms with Crippen molar-refractivity contribution < 1.29 is 18.7 Å². The maximum absolute atomic E-state index is 12.6. The Bertz CT molecular complexity index is 656. The van der Waals surface area contributed by atoms with Gasteiger partial charge in [-0.2, -0.15) is 0 Å². The fourth-order valence-electron chi connectivity index (χ4n) is 2.81. The van der Waals surface area contributed by atoms with Gasteiger partial charge in [-0.1, -0.05) is 6.07 Å². The van der Waals surface area contributed by atoms with Gasteiger partial charge in [-0.15, -0.1) is 0 Å². The maximum Gasteiger partial charge on any atom is 0.289 e. The number of pyridine rings is 1. The fourth-order valence-corrected chi connectivity index (χ4v) is 2.81. The molecule has 0 radical (unpaired) electrons. The molecule has 1 fully saturated rings. The van der Waals surface area contributed by atoms with Crippen molar-refractivity contribution in [1.82, 2.24) is 9.88 Å². The van der Waals surface area contributed by atoms with Gasteiger partial charge in [-0.05, 0) is 37.1 Å². The molecule has 6 heteroatoms. The average molecular weight is 330 g/mol. The number of rotatable bonds is 6. The van der Waals surface area contributed by atoms with Gasteiger partial charge < -0.3 is 18.8 Å². The van der Waals surface area contributed by atoms with Crippen molar-refractivity contribution in [3.05, 3.63) is 53.7 Å². The SMILES string of the molecule is COCc1ccc(C(=O)N2CCCC(OCc3ccccn3)C2)o1. The number of piperidine rings is 1. The van der Waals surface area contributed by atoms with Crippen LogP contribution in [0, 0.1) is 0 Å². The average Bonchev–Trinajstić information content (AvgIpc) is 3.09. The molecule has 24 heavy (non-hydrogen) atoms. The van der Waals surface area contributed by atoms with Crippen LogP contribution in [0.3, 0.4) is 0 Å². The van der Waals surface area contributed by atoms with Gasteiger partial charge in [0.15, 0.2) is 5.76 Å². The third kappa shape index (κ3) is 4.21. The first-order valence-electron chi connectivity index (χ1n) is 8.14. The third-order valence-corrected chi connectivity index (χ3v) is 4.02. The fraction of sp³-hybridized carbons (Fsp3) is 0.444. The Hall–Kier alpha value is -2.18. The number of methoxy groups -OCH3 is 1. The summed E-state index contributed by atoms with van der Waals surface area (Å²) < 4.78 is 16.5. The summed E-state index contributed by atoms with van der Waals surface area (Å²) in [5, 5.41) is 0. The highest BCUT2D eigenvalue weighted by atomic mass is 16.5. The Morgan fingerprint density at radius 1 is 1.33 bits per heavy atom. The monoisotopic (exact) mass is 330 g/mol. The van der Waals surface area contributed by atoms with Crippen LogP contribution in [0.1, 0.15) is 34.9 Å². The van der Waals surface area contributed by atoms with E-state index < -0.39 is 0 Å². The van der Waals surface area contributed by atoms with Crippen LogP contribution in [0.25, 0.3) is 0 Å². The van der Waals surface area contributed by atoms with Crippen LogP contribution in [0.5, 0.6) is 0 Å². The van der Waals surface area contributed by atoms with Gasteiger partial charge in [0.05, 0.1) is 18.4 Å². The topological polar surface area (TPSA) is 64.8 Å². The van der Waals surface area contributed by atoms with Gasteiger partial charge in [-0.25, -0.2) is 0 Å². The Morgan fingerprint density at radius 2 is 2.25 bits per heavy atom. The van der Waals surface area contributed by atoms with Crippen LogP contribution < -0.4 is 0 Å². The molecule has 1 aliphatic heterocycles. The first-order chi connectivity index (χ1) is 11.8. The van der Waals surface area contributed by atoms with Crippen LogP contribution in [-0.2, 0) is 22.7 Å². The highest BCUT2D eigenvalue weighted by molar-refractivity contribution is 5.91. The molecular formula is C18H22N2O4. The number of carbonyl (C=O) groups is 1. The van der Waals surface area contributed by atoms with Crippen molar-refractivity contribution in [2.24, 2.45) is 0 Å². The normalized spacial score (nSPS) is 17.9. The van der Waals surface area contributed by atoms with Crippen molar-refractivity contribution in [3.8, 4) is 0 Å². The van der Waals surface area contributed by atoms with Crippen LogP contribution in [0.15, 0.2) is 40.9 Å². The molecule has 0 saturated carbocycles. The Kier molecular flexibility index (Phi) is 5.61. The van der Waals surface area contributed by atoms with Gasteiger partial charge in [0.2, 0.25) is 0 Å². The van der Waals surface area contributed by atoms with E-state index >= 15 is 0 Å². The zero-order valence-corrected chi connectivity index (χ0v) is 13.8. The molecule has 128 valence electrons. The summed E-state index contributed by atoms with van der Waals surface area (Å²) in [5.41, 5.74) is 0.899. The van der Waals surface area contributed by atoms with Crippen LogP contribution in [-0.4, -0.2) is 42.1 Å². The smallest absolute Gasteiger partial charge is 0.289 e. The number of carbonyl (C=O) groups excluding carboxylic acids is 1. The standard InChI is InChI=1S/C18H22N2O4/c1-22-13-16-7-8-17(24-16)18(21)20-10-4-6-15(11-20)23-12-14-5-2-3-9-19-14/h2-3,5,7-9,15H,4,6,10-13H2,1H3. The zero-order chi connectivity index (χ0) is 16.8. The number of hydrogen-bond acceptors (Lipinski definition) is 5. The second kappa shape index (κ2) is 8.08. The molecule has 1 amide bonds. The Labute approximate surface area is 141 Å². The third-order valence-electron chi connectivity index (χ3n) is 4.02. The molecule has 1 aliphatic rings. The molecule has 3 rings (SSSR count). The Morgan fingerprint density at radius 3 is 3.04 bits per heavy atom. The number of hydrogen-bond donors (Lipinski definition) is 0. The van der Waals surface area contributed by atoms with Crippen molar-refractivity contribution in [2.75, 3.05) is 20.2 Å². The molecule has 6 nitrogen and oxygen atoms in total. The molecule has 2 aromatic heterocycles. The number of ether oxygens (including phenoxy) is 2. The van der Waals surface area contributed by atoms with Crippen LogP contribution in [0.2, 0.25) is 0 Å². The minimum Gasteiger partial charge on any atom is -0.453 e. The van der Waals surface area contributed by atoms with Gasteiger partial charge in [-0.3, -0.25) is 9.78 Å². The molecule has 0 spiro atoms. The molecule has 1 atom stereocenters. The summed E-state index contributed by atoms with van der Waals surface area (Å²) >= 11 is 0. The molecule has 0 bridgehead atoms. The molecule has 1 unspecified atom stereocenters.